The van der Waals surface area contributed by atoms with Crippen LogP contribution in [0.3, 0.4) is 0 Å². The lowest BCUT2D eigenvalue weighted by molar-refractivity contribution is -0.147. The second kappa shape index (κ2) is 11.0. The van der Waals surface area contributed by atoms with Crippen molar-refractivity contribution in [2.45, 2.75) is 51.6 Å². The summed E-state index contributed by atoms with van der Waals surface area (Å²) in [5.74, 6) is -0.859. The van der Waals surface area contributed by atoms with Crippen molar-refractivity contribution >= 4 is 35.9 Å². The smallest absolute Gasteiger partial charge is 0.328 e. The van der Waals surface area contributed by atoms with E-state index in [9.17, 15) is 14.4 Å². The van der Waals surface area contributed by atoms with Crippen molar-refractivity contribution in [1.29, 1.82) is 0 Å². The van der Waals surface area contributed by atoms with Gasteiger partial charge in [0.05, 0.1) is 13.2 Å². The van der Waals surface area contributed by atoms with Gasteiger partial charge >= 0.3 is 5.97 Å². The summed E-state index contributed by atoms with van der Waals surface area (Å²) in [6.07, 6.45) is 3.13. The van der Waals surface area contributed by atoms with Gasteiger partial charge in [-0.2, -0.15) is 0 Å². The number of hydrogen-bond donors (Lipinski definition) is 2. The third-order valence-electron chi connectivity index (χ3n) is 5.17. The van der Waals surface area contributed by atoms with Crippen molar-refractivity contribution in [3.63, 3.8) is 0 Å². The molecular formula is C20H30ClN3O4. The molecule has 0 aromatic heterocycles. The molecule has 7 nitrogen and oxygen atoms in total. The molecule has 8 heteroatoms. The SMILES string of the molecule is CCC(C)C(N)C(=O)Nc1cccc(C(=O)N2CCCCC2C(=O)OC)c1.Cl. The minimum Gasteiger partial charge on any atom is -0.467 e. The van der Waals surface area contributed by atoms with Crippen LogP contribution >= 0.6 is 12.4 Å². The molecule has 0 aliphatic carbocycles. The van der Waals surface area contributed by atoms with Gasteiger partial charge < -0.3 is 20.7 Å². The number of nitrogens with two attached hydrogens (primary N) is 1. The Bertz CT molecular complexity index is 698. The second-order valence-electron chi connectivity index (χ2n) is 7.01. The number of carbonyl (C=O) groups is 3. The molecule has 2 amide bonds. The number of hydrogen-bond acceptors (Lipinski definition) is 5. The van der Waals surface area contributed by atoms with Gasteiger partial charge in [-0.05, 0) is 43.4 Å². The summed E-state index contributed by atoms with van der Waals surface area (Å²) in [6, 6.07) is 5.54. The molecule has 3 unspecified atom stereocenters. The van der Waals surface area contributed by atoms with Crippen molar-refractivity contribution in [1.82, 2.24) is 4.90 Å². The predicted octanol–water partition coefficient (Wildman–Crippen LogP) is 2.59. The lowest BCUT2D eigenvalue weighted by Gasteiger charge is -2.33. The van der Waals surface area contributed by atoms with Gasteiger partial charge in [-0.1, -0.05) is 26.3 Å². The van der Waals surface area contributed by atoms with Crippen LogP contribution < -0.4 is 11.1 Å². The van der Waals surface area contributed by atoms with Crippen molar-refractivity contribution in [2.24, 2.45) is 11.7 Å². The lowest BCUT2D eigenvalue weighted by Crippen LogP contribution is -2.48. The van der Waals surface area contributed by atoms with Crippen LogP contribution in [0, 0.1) is 5.92 Å². The number of anilines is 1. The van der Waals surface area contributed by atoms with E-state index in [0.717, 1.165) is 19.3 Å². The van der Waals surface area contributed by atoms with Gasteiger partial charge in [-0.3, -0.25) is 9.59 Å². The molecule has 2 rings (SSSR count). The van der Waals surface area contributed by atoms with Gasteiger partial charge in [0.2, 0.25) is 5.91 Å². The first-order chi connectivity index (χ1) is 12.9. The Morgan fingerprint density at radius 1 is 1.32 bits per heavy atom. The summed E-state index contributed by atoms with van der Waals surface area (Å²) in [4.78, 5) is 38.8. The van der Waals surface area contributed by atoms with Gasteiger partial charge in [0.25, 0.3) is 5.91 Å². The number of carbonyl (C=O) groups excluding carboxylic acids is 3. The number of likely N-dealkylation sites (tertiary alicyclic amines) is 1. The van der Waals surface area contributed by atoms with E-state index < -0.39 is 18.1 Å². The molecule has 1 aliphatic rings. The molecular weight excluding hydrogens is 382 g/mol. The third-order valence-corrected chi connectivity index (χ3v) is 5.17. The van der Waals surface area contributed by atoms with Crippen molar-refractivity contribution in [3.8, 4) is 0 Å². The maximum Gasteiger partial charge on any atom is 0.328 e. The van der Waals surface area contributed by atoms with E-state index in [2.05, 4.69) is 5.32 Å². The minimum absolute atomic E-state index is 0. The second-order valence-corrected chi connectivity index (χ2v) is 7.01. The number of esters is 1. The van der Waals surface area contributed by atoms with Crippen LogP contribution in [0.1, 0.15) is 49.9 Å². The third kappa shape index (κ3) is 5.69. The van der Waals surface area contributed by atoms with Gasteiger partial charge in [0, 0.05) is 17.8 Å². The molecule has 0 radical (unpaired) electrons. The highest BCUT2D eigenvalue weighted by atomic mass is 35.5. The summed E-state index contributed by atoms with van der Waals surface area (Å²) >= 11 is 0. The highest BCUT2D eigenvalue weighted by Crippen LogP contribution is 2.22. The summed E-state index contributed by atoms with van der Waals surface area (Å²) in [5, 5.41) is 2.77. The molecule has 1 heterocycles. The fourth-order valence-corrected chi connectivity index (χ4v) is 3.19. The highest BCUT2D eigenvalue weighted by molar-refractivity contribution is 6.00. The van der Waals surface area contributed by atoms with E-state index >= 15 is 0 Å². The standard InChI is InChI=1S/C20H29N3O4.ClH/c1-4-13(2)17(21)18(24)22-15-9-7-8-14(12-15)19(25)23-11-6-5-10-16(23)20(26)27-3;/h7-9,12-13,16-17H,4-6,10-11,21H2,1-3H3,(H,22,24);1H. The quantitative estimate of drug-likeness (QED) is 0.700. The number of ether oxygens (including phenoxy) is 1. The first-order valence-electron chi connectivity index (χ1n) is 9.44. The zero-order valence-electron chi connectivity index (χ0n) is 16.6. The Morgan fingerprint density at radius 2 is 2.04 bits per heavy atom. The molecule has 1 saturated heterocycles. The van der Waals surface area contributed by atoms with Crippen LogP contribution in [0.15, 0.2) is 24.3 Å². The summed E-state index contributed by atoms with van der Waals surface area (Å²) < 4.78 is 4.84. The maximum absolute atomic E-state index is 12.9. The monoisotopic (exact) mass is 411 g/mol. The molecule has 3 N–H and O–H groups in total. The van der Waals surface area contributed by atoms with Gasteiger partial charge in [-0.15, -0.1) is 12.4 Å². The number of amides is 2. The number of halogens is 1. The number of piperidine rings is 1. The number of methoxy groups -OCH3 is 1. The molecule has 0 spiro atoms. The molecule has 0 saturated carbocycles. The van der Waals surface area contributed by atoms with E-state index in [1.165, 1.54) is 7.11 Å². The fourth-order valence-electron chi connectivity index (χ4n) is 3.19. The molecule has 0 bridgehead atoms. The highest BCUT2D eigenvalue weighted by Gasteiger charge is 2.33. The van der Waals surface area contributed by atoms with Gasteiger partial charge in [-0.25, -0.2) is 4.79 Å². The molecule has 3 atom stereocenters. The van der Waals surface area contributed by atoms with E-state index in [1.807, 2.05) is 13.8 Å². The predicted molar refractivity (Wildman–Crippen MR) is 110 cm³/mol. The van der Waals surface area contributed by atoms with Crippen molar-refractivity contribution in [3.05, 3.63) is 29.8 Å². The van der Waals surface area contributed by atoms with E-state index in [1.54, 1.807) is 29.2 Å². The van der Waals surface area contributed by atoms with E-state index in [0.29, 0.717) is 24.2 Å². The first-order valence-corrected chi connectivity index (χ1v) is 9.44. The Balaban J connectivity index is 0.00000392. The topological polar surface area (TPSA) is 102 Å². The summed E-state index contributed by atoms with van der Waals surface area (Å²) in [6.45, 7) is 4.41. The molecule has 28 heavy (non-hydrogen) atoms. The van der Waals surface area contributed by atoms with Crippen molar-refractivity contribution in [2.75, 3.05) is 19.0 Å². The number of nitrogens with zero attached hydrogens (tertiary/aromatic N) is 1. The largest absolute Gasteiger partial charge is 0.467 e. The summed E-state index contributed by atoms with van der Waals surface area (Å²) in [7, 11) is 1.33. The Hall–Kier alpha value is -2.12. The maximum atomic E-state index is 12.9. The minimum atomic E-state index is -0.611. The number of rotatable bonds is 6. The normalized spacial score (nSPS) is 18.4. The van der Waals surface area contributed by atoms with Crippen molar-refractivity contribution < 1.29 is 19.1 Å². The molecule has 1 aromatic rings. The molecule has 1 aromatic carbocycles. The van der Waals surface area contributed by atoms with Crippen LogP contribution in [-0.2, 0) is 14.3 Å². The van der Waals surface area contributed by atoms with Crippen LogP contribution in [0.5, 0.6) is 0 Å². The van der Waals surface area contributed by atoms with E-state index in [4.69, 9.17) is 10.5 Å². The Kier molecular flexibility index (Phi) is 9.41. The van der Waals surface area contributed by atoms with Crippen LogP contribution in [0.25, 0.3) is 0 Å². The Morgan fingerprint density at radius 3 is 2.68 bits per heavy atom. The average molecular weight is 412 g/mol. The van der Waals surface area contributed by atoms with Gasteiger partial charge in [0.1, 0.15) is 6.04 Å². The summed E-state index contributed by atoms with van der Waals surface area (Å²) in [5.41, 5.74) is 6.89. The number of benzene rings is 1. The molecule has 1 fully saturated rings. The van der Waals surface area contributed by atoms with Gasteiger partial charge in [0.15, 0.2) is 0 Å². The zero-order chi connectivity index (χ0) is 20.0. The average Bonchev–Trinajstić information content (AvgIpc) is 2.71. The Labute approximate surface area is 172 Å². The van der Waals surface area contributed by atoms with Crippen LogP contribution in [0.2, 0.25) is 0 Å². The zero-order valence-corrected chi connectivity index (χ0v) is 17.5. The molecule has 1 aliphatic heterocycles. The fraction of sp³-hybridized carbons (Fsp3) is 0.550. The van der Waals surface area contributed by atoms with E-state index in [-0.39, 0.29) is 30.1 Å². The van der Waals surface area contributed by atoms with Crippen LogP contribution in [0.4, 0.5) is 5.69 Å². The molecule has 156 valence electrons. The van der Waals surface area contributed by atoms with Crippen LogP contribution in [-0.4, -0.2) is 48.4 Å². The number of nitrogens with one attached hydrogen (secondary N) is 1. The lowest BCUT2D eigenvalue weighted by atomic mass is 9.99. The first kappa shape index (κ1) is 23.9.